The molecule has 0 saturated heterocycles. The second kappa shape index (κ2) is 7.91. The third-order valence-electron chi connectivity index (χ3n) is 2.44. The Morgan fingerprint density at radius 2 is 1.89 bits per heavy atom. The summed E-state index contributed by atoms with van der Waals surface area (Å²) in [6, 6.07) is 6.90. The van der Waals surface area contributed by atoms with Crippen molar-refractivity contribution in [2.24, 2.45) is 0 Å². The van der Waals surface area contributed by atoms with E-state index in [4.69, 9.17) is 0 Å². The quantitative estimate of drug-likeness (QED) is 0.741. The average molecular weight is 328 g/mol. The highest BCUT2D eigenvalue weighted by Crippen LogP contribution is 2.13. The molecule has 1 rings (SSSR count). The summed E-state index contributed by atoms with van der Waals surface area (Å²) in [7, 11) is 0. The molecule has 6 heteroatoms. The van der Waals surface area contributed by atoms with Crippen LogP contribution >= 0.6 is 15.9 Å². The molecule has 1 aromatic carbocycles. The highest BCUT2D eigenvalue weighted by Gasteiger charge is 2.12. The molecule has 0 fully saturated rings. The maximum atomic E-state index is 11.7. The van der Waals surface area contributed by atoms with Crippen LogP contribution in [0.5, 0.6) is 0 Å². The minimum atomic E-state index is -0.393. The molecule has 0 aromatic heterocycles. The van der Waals surface area contributed by atoms with Gasteiger partial charge in [0.05, 0.1) is 12.6 Å². The molecule has 104 valence electrons. The lowest BCUT2D eigenvalue weighted by Crippen LogP contribution is -2.44. The van der Waals surface area contributed by atoms with Crippen molar-refractivity contribution in [3.8, 4) is 0 Å². The van der Waals surface area contributed by atoms with Gasteiger partial charge in [-0.05, 0) is 38.1 Å². The minimum absolute atomic E-state index is 0.0916. The predicted molar refractivity (Wildman–Crippen MR) is 78.9 cm³/mol. The summed E-state index contributed by atoms with van der Waals surface area (Å²) in [6.45, 7) is 4.24. The molecule has 0 aliphatic rings. The Hall–Kier alpha value is -1.40. The van der Waals surface area contributed by atoms with Crippen LogP contribution in [0.3, 0.4) is 0 Å². The minimum Gasteiger partial charge on any atom is -0.355 e. The first kappa shape index (κ1) is 15.7. The number of carbonyl (C=O) groups is 2. The van der Waals surface area contributed by atoms with Crippen molar-refractivity contribution in [1.29, 1.82) is 0 Å². The molecule has 0 aliphatic carbocycles. The van der Waals surface area contributed by atoms with Crippen LogP contribution in [-0.2, 0) is 9.59 Å². The normalized spacial score (nSPS) is 11.7. The molecule has 19 heavy (non-hydrogen) atoms. The summed E-state index contributed by atoms with van der Waals surface area (Å²) < 4.78 is 0.952. The number of amides is 2. The van der Waals surface area contributed by atoms with Crippen molar-refractivity contribution < 1.29 is 9.59 Å². The van der Waals surface area contributed by atoms with Gasteiger partial charge in [0.25, 0.3) is 0 Å². The third kappa shape index (κ3) is 5.85. The Bertz CT molecular complexity index is 434. The summed E-state index contributed by atoms with van der Waals surface area (Å²) in [5.74, 6) is -0.294. The number of benzene rings is 1. The molecular formula is C13H18BrN3O2. The summed E-state index contributed by atoms with van der Waals surface area (Å²) in [5, 5.41) is 8.29. The molecule has 1 unspecified atom stereocenters. The van der Waals surface area contributed by atoms with E-state index in [0.717, 1.165) is 10.2 Å². The molecule has 1 atom stereocenters. The Kier molecular flexibility index (Phi) is 6.52. The number of likely N-dealkylation sites (N-methyl/N-ethyl adjacent to an activating group) is 1. The lowest BCUT2D eigenvalue weighted by atomic mass is 10.3. The topological polar surface area (TPSA) is 70.2 Å². The van der Waals surface area contributed by atoms with Crippen LogP contribution in [-0.4, -0.2) is 30.9 Å². The molecule has 2 amide bonds. The molecule has 5 nitrogen and oxygen atoms in total. The number of rotatable bonds is 6. The second-order valence-electron chi connectivity index (χ2n) is 4.05. The van der Waals surface area contributed by atoms with Crippen molar-refractivity contribution in [2.75, 3.05) is 18.4 Å². The first-order valence-corrected chi connectivity index (χ1v) is 6.88. The van der Waals surface area contributed by atoms with E-state index in [-0.39, 0.29) is 18.4 Å². The highest BCUT2D eigenvalue weighted by molar-refractivity contribution is 9.10. The first-order valence-electron chi connectivity index (χ1n) is 6.09. The lowest BCUT2D eigenvalue weighted by molar-refractivity contribution is -0.122. The van der Waals surface area contributed by atoms with E-state index in [1.54, 1.807) is 19.1 Å². The van der Waals surface area contributed by atoms with Gasteiger partial charge in [-0.3, -0.25) is 14.9 Å². The Balaban J connectivity index is 2.35. The van der Waals surface area contributed by atoms with Crippen LogP contribution in [0, 0.1) is 0 Å². The van der Waals surface area contributed by atoms with Gasteiger partial charge >= 0.3 is 0 Å². The standard InChI is InChI=1S/C13H18BrN3O2/c1-3-15-13(19)9(2)16-8-12(18)17-11-6-4-10(14)5-7-11/h4-7,9,16H,3,8H2,1-2H3,(H,15,19)(H,17,18). The molecule has 0 saturated carbocycles. The Morgan fingerprint density at radius 1 is 1.26 bits per heavy atom. The predicted octanol–water partition coefficient (Wildman–Crippen LogP) is 1.50. The molecular weight excluding hydrogens is 310 g/mol. The largest absolute Gasteiger partial charge is 0.355 e. The number of hydrogen-bond acceptors (Lipinski definition) is 3. The first-order chi connectivity index (χ1) is 9.02. The van der Waals surface area contributed by atoms with E-state index in [2.05, 4.69) is 31.9 Å². The van der Waals surface area contributed by atoms with E-state index in [0.29, 0.717) is 6.54 Å². The third-order valence-corrected chi connectivity index (χ3v) is 2.97. The van der Waals surface area contributed by atoms with Gasteiger partial charge in [0.2, 0.25) is 11.8 Å². The summed E-state index contributed by atoms with van der Waals surface area (Å²) in [6.07, 6.45) is 0. The van der Waals surface area contributed by atoms with E-state index in [1.807, 2.05) is 19.1 Å². The monoisotopic (exact) mass is 327 g/mol. The van der Waals surface area contributed by atoms with Gasteiger partial charge in [-0.1, -0.05) is 15.9 Å². The number of hydrogen-bond donors (Lipinski definition) is 3. The zero-order chi connectivity index (χ0) is 14.3. The molecule has 0 heterocycles. The summed E-state index contributed by atoms with van der Waals surface area (Å²) >= 11 is 3.32. The highest BCUT2D eigenvalue weighted by atomic mass is 79.9. The van der Waals surface area contributed by atoms with Crippen molar-refractivity contribution >= 4 is 33.4 Å². The van der Waals surface area contributed by atoms with Crippen molar-refractivity contribution in [3.63, 3.8) is 0 Å². The fourth-order valence-electron chi connectivity index (χ4n) is 1.40. The molecule has 3 N–H and O–H groups in total. The van der Waals surface area contributed by atoms with Crippen LogP contribution in [0.4, 0.5) is 5.69 Å². The van der Waals surface area contributed by atoms with Crippen LogP contribution in [0.15, 0.2) is 28.7 Å². The SMILES string of the molecule is CCNC(=O)C(C)NCC(=O)Nc1ccc(Br)cc1. The van der Waals surface area contributed by atoms with E-state index in [1.165, 1.54) is 0 Å². The van der Waals surface area contributed by atoms with Crippen molar-refractivity contribution in [1.82, 2.24) is 10.6 Å². The van der Waals surface area contributed by atoms with Crippen molar-refractivity contribution in [2.45, 2.75) is 19.9 Å². The number of anilines is 1. The van der Waals surface area contributed by atoms with Crippen LogP contribution in [0.1, 0.15) is 13.8 Å². The van der Waals surface area contributed by atoms with Gasteiger partial charge in [-0.2, -0.15) is 0 Å². The van der Waals surface area contributed by atoms with E-state index < -0.39 is 6.04 Å². The van der Waals surface area contributed by atoms with Gasteiger partial charge in [0.1, 0.15) is 0 Å². The van der Waals surface area contributed by atoms with Crippen LogP contribution < -0.4 is 16.0 Å². The van der Waals surface area contributed by atoms with E-state index in [9.17, 15) is 9.59 Å². The smallest absolute Gasteiger partial charge is 0.238 e. The van der Waals surface area contributed by atoms with Gasteiger partial charge < -0.3 is 10.6 Å². The maximum Gasteiger partial charge on any atom is 0.238 e. The lowest BCUT2D eigenvalue weighted by Gasteiger charge is -2.13. The van der Waals surface area contributed by atoms with Crippen molar-refractivity contribution in [3.05, 3.63) is 28.7 Å². The Morgan fingerprint density at radius 3 is 2.47 bits per heavy atom. The fraction of sp³-hybridized carbons (Fsp3) is 0.385. The van der Waals surface area contributed by atoms with Gasteiger partial charge in [-0.25, -0.2) is 0 Å². The van der Waals surface area contributed by atoms with Gasteiger partial charge in [0, 0.05) is 16.7 Å². The van der Waals surface area contributed by atoms with Crippen LogP contribution in [0.2, 0.25) is 0 Å². The van der Waals surface area contributed by atoms with Gasteiger partial charge in [-0.15, -0.1) is 0 Å². The fourth-order valence-corrected chi connectivity index (χ4v) is 1.67. The average Bonchev–Trinajstić information content (AvgIpc) is 2.39. The zero-order valence-electron chi connectivity index (χ0n) is 11.0. The molecule has 0 aliphatic heterocycles. The van der Waals surface area contributed by atoms with E-state index >= 15 is 0 Å². The van der Waals surface area contributed by atoms with Crippen LogP contribution in [0.25, 0.3) is 0 Å². The zero-order valence-corrected chi connectivity index (χ0v) is 12.6. The Labute approximate surface area is 121 Å². The molecule has 0 spiro atoms. The number of halogens is 1. The molecule has 0 radical (unpaired) electrons. The number of nitrogens with one attached hydrogen (secondary N) is 3. The summed E-state index contributed by atoms with van der Waals surface area (Å²) in [5.41, 5.74) is 0.723. The second-order valence-corrected chi connectivity index (χ2v) is 4.97. The van der Waals surface area contributed by atoms with Gasteiger partial charge in [0.15, 0.2) is 0 Å². The molecule has 1 aromatic rings. The maximum absolute atomic E-state index is 11.7. The molecule has 0 bridgehead atoms. The number of carbonyl (C=O) groups excluding carboxylic acids is 2. The summed E-state index contributed by atoms with van der Waals surface area (Å²) in [4.78, 5) is 23.1.